The van der Waals surface area contributed by atoms with Gasteiger partial charge in [-0.2, -0.15) is 5.10 Å². The number of hydrogen-bond donors (Lipinski definition) is 1. The minimum Gasteiger partial charge on any atom is -0.444 e. The Labute approximate surface area is 233 Å². The number of rotatable bonds is 5. The summed E-state index contributed by atoms with van der Waals surface area (Å²) < 4.78 is 43.2. The van der Waals surface area contributed by atoms with Gasteiger partial charge in [-0.25, -0.2) is 23.1 Å². The molecule has 3 aliphatic heterocycles. The summed E-state index contributed by atoms with van der Waals surface area (Å²) in [5.41, 5.74) is 0.248. The Morgan fingerprint density at radius 1 is 1.20 bits per heavy atom. The van der Waals surface area contributed by atoms with Crippen LogP contribution in [0.3, 0.4) is 0 Å². The first kappa shape index (κ1) is 28.7. The molecule has 10 nitrogen and oxygen atoms in total. The van der Waals surface area contributed by atoms with Crippen LogP contribution < -0.4 is 5.32 Å². The van der Waals surface area contributed by atoms with Gasteiger partial charge in [-0.1, -0.05) is 13.8 Å². The van der Waals surface area contributed by atoms with E-state index in [9.17, 15) is 18.4 Å². The molecule has 1 N–H and O–H groups in total. The normalized spacial score (nSPS) is 24.8. The topological polar surface area (TPSA) is 101 Å². The third kappa shape index (κ3) is 5.93. The molecule has 3 fully saturated rings. The standard InChI is InChI=1S/C28H40F2N6O4/c1-18(2)24(37)33-23-21-8-7-20(36(21)32-17-31-23)22-9-6-19(39-22)14-35-16-28(29,30)15-27(35)10-12-34(13-11-27)25(38)40-26(3,4)5/h7-8,17-19,22H,6,9-16H2,1-5H3,(H,31,32,33,37)/t19-,22+/m0/s1. The van der Waals surface area contributed by atoms with Gasteiger partial charge < -0.3 is 19.7 Å². The number of hydrogen-bond acceptors (Lipinski definition) is 7. The molecule has 12 heteroatoms. The fourth-order valence-electron chi connectivity index (χ4n) is 6.14. The van der Waals surface area contributed by atoms with E-state index in [1.165, 1.54) is 6.33 Å². The van der Waals surface area contributed by atoms with Crippen LogP contribution in [0.1, 0.15) is 78.5 Å². The number of aromatic nitrogens is 3. The molecule has 1 spiro atoms. The molecular formula is C28H40F2N6O4. The Morgan fingerprint density at radius 3 is 2.60 bits per heavy atom. The van der Waals surface area contributed by atoms with Crippen molar-refractivity contribution in [2.24, 2.45) is 5.92 Å². The average Bonchev–Trinajstić information content (AvgIpc) is 3.55. The Morgan fingerprint density at radius 2 is 1.93 bits per heavy atom. The summed E-state index contributed by atoms with van der Waals surface area (Å²) in [5.74, 6) is -2.66. The van der Waals surface area contributed by atoms with Gasteiger partial charge in [-0.15, -0.1) is 0 Å². The maximum Gasteiger partial charge on any atom is 0.410 e. The van der Waals surface area contributed by atoms with E-state index in [0.29, 0.717) is 43.8 Å². The molecule has 0 unspecified atom stereocenters. The molecule has 40 heavy (non-hydrogen) atoms. The van der Waals surface area contributed by atoms with Crippen molar-refractivity contribution in [2.45, 2.75) is 96.0 Å². The van der Waals surface area contributed by atoms with Crippen LogP contribution in [0.4, 0.5) is 19.4 Å². The van der Waals surface area contributed by atoms with Crippen molar-refractivity contribution in [1.82, 2.24) is 24.4 Å². The zero-order valence-corrected chi connectivity index (χ0v) is 24.0. The zero-order valence-electron chi connectivity index (χ0n) is 24.0. The van der Waals surface area contributed by atoms with Crippen LogP contribution in [0.2, 0.25) is 0 Å². The van der Waals surface area contributed by atoms with Gasteiger partial charge in [0.05, 0.1) is 18.3 Å². The molecule has 0 aliphatic carbocycles. The molecule has 3 saturated heterocycles. The lowest BCUT2D eigenvalue weighted by atomic mass is 9.84. The SMILES string of the molecule is CC(C)C(=O)Nc1ncnn2c([C@H]3CC[C@@H](CN4CC(F)(F)CC45CCN(C(=O)OC(C)(C)C)CC5)O3)ccc12. The van der Waals surface area contributed by atoms with E-state index < -0.39 is 23.2 Å². The molecule has 220 valence electrons. The number of ether oxygens (including phenoxy) is 2. The number of alkyl halides is 2. The minimum atomic E-state index is -2.78. The second-order valence-electron chi connectivity index (χ2n) is 12.7. The van der Waals surface area contributed by atoms with Crippen LogP contribution in [0.25, 0.3) is 5.52 Å². The summed E-state index contributed by atoms with van der Waals surface area (Å²) in [7, 11) is 0. The predicted molar refractivity (Wildman–Crippen MR) is 144 cm³/mol. The van der Waals surface area contributed by atoms with Gasteiger partial charge in [-0.3, -0.25) is 9.69 Å². The van der Waals surface area contributed by atoms with Crippen LogP contribution in [0, 0.1) is 5.92 Å². The molecule has 0 aromatic carbocycles. The van der Waals surface area contributed by atoms with Crippen LogP contribution in [-0.4, -0.2) is 85.7 Å². The quantitative estimate of drug-likeness (QED) is 0.566. The smallest absolute Gasteiger partial charge is 0.410 e. The van der Waals surface area contributed by atoms with Gasteiger partial charge >= 0.3 is 6.09 Å². The number of halogens is 2. The van der Waals surface area contributed by atoms with Crippen molar-refractivity contribution in [1.29, 1.82) is 0 Å². The number of anilines is 1. The highest BCUT2D eigenvalue weighted by atomic mass is 19.3. The number of carbonyl (C=O) groups excluding carboxylic acids is 2. The summed E-state index contributed by atoms with van der Waals surface area (Å²) in [5, 5.41) is 7.22. The highest BCUT2D eigenvalue weighted by molar-refractivity contribution is 5.94. The number of piperidine rings is 1. The van der Waals surface area contributed by atoms with E-state index in [2.05, 4.69) is 15.4 Å². The molecular weight excluding hydrogens is 522 g/mol. The third-order valence-corrected chi connectivity index (χ3v) is 8.14. The first-order valence-corrected chi connectivity index (χ1v) is 14.2. The van der Waals surface area contributed by atoms with Crippen molar-refractivity contribution < 1.29 is 27.8 Å². The maximum absolute atomic E-state index is 14.8. The van der Waals surface area contributed by atoms with E-state index in [0.717, 1.165) is 18.5 Å². The van der Waals surface area contributed by atoms with Gasteiger partial charge in [0.25, 0.3) is 5.92 Å². The van der Waals surface area contributed by atoms with E-state index in [1.807, 2.05) is 51.7 Å². The van der Waals surface area contributed by atoms with Gasteiger partial charge in [0.15, 0.2) is 5.82 Å². The molecule has 5 heterocycles. The van der Waals surface area contributed by atoms with Crippen molar-refractivity contribution in [2.75, 3.05) is 31.5 Å². The van der Waals surface area contributed by atoms with Crippen molar-refractivity contribution in [3.8, 4) is 0 Å². The van der Waals surface area contributed by atoms with E-state index >= 15 is 0 Å². The number of nitrogens with zero attached hydrogens (tertiary/aromatic N) is 5. The number of carbonyl (C=O) groups is 2. The third-order valence-electron chi connectivity index (χ3n) is 8.14. The van der Waals surface area contributed by atoms with Crippen LogP contribution in [-0.2, 0) is 14.3 Å². The average molecular weight is 563 g/mol. The van der Waals surface area contributed by atoms with Crippen molar-refractivity contribution >= 4 is 23.3 Å². The monoisotopic (exact) mass is 562 g/mol. The predicted octanol–water partition coefficient (Wildman–Crippen LogP) is 4.65. The molecule has 3 aliphatic rings. The Hall–Kier alpha value is -2.86. The molecule has 0 saturated carbocycles. The summed E-state index contributed by atoms with van der Waals surface area (Å²) >= 11 is 0. The van der Waals surface area contributed by atoms with Crippen molar-refractivity contribution in [3.05, 3.63) is 24.2 Å². The highest BCUT2D eigenvalue weighted by Crippen LogP contribution is 2.46. The highest BCUT2D eigenvalue weighted by Gasteiger charge is 2.56. The molecule has 2 amide bonds. The number of fused-ring (bicyclic) bond motifs is 1. The molecule has 0 bridgehead atoms. The lowest BCUT2D eigenvalue weighted by molar-refractivity contribution is -0.118. The van der Waals surface area contributed by atoms with E-state index in [-0.39, 0.29) is 37.0 Å². The number of likely N-dealkylation sites (tertiary alicyclic amines) is 2. The fraction of sp³-hybridized carbons (Fsp3) is 0.714. The number of nitrogens with one attached hydrogen (secondary N) is 1. The molecule has 2 aromatic heterocycles. The van der Waals surface area contributed by atoms with Gasteiger partial charge in [-0.05, 0) is 58.6 Å². The summed E-state index contributed by atoms with van der Waals surface area (Å²) in [6, 6.07) is 3.77. The second-order valence-corrected chi connectivity index (χ2v) is 12.7. The van der Waals surface area contributed by atoms with E-state index in [1.54, 1.807) is 9.42 Å². The molecule has 5 rings (SSSR count). The fourth-order valence-corrected chi connectivity index (χ4v) is 6.14. The minimum absolute atomic E-state index is 0.131. The zero-order chi connectivity index (χ0) is 28.9. The lowest BCUT2D eigenvalue weighted by Gasteiger charge is -2.45. The molecule has 2 aromatic rings. The Balaban J connectivity index is 1.25. The Bertz CT molecular complexity index is 1250. The number of amides is 2. The van der Waals surface area contributed by atoms with Gasteiger partial charge in [0.1, 0.15) is 23.5 Å². The maximum atomic E-state index is 14.8. The first-order chi connectivity index (χ1) is 18.8. The van der Waals surface area contributed by atoms with Gasteiger partial charge in [0.2, 0.25) is 5.91 Å². The molecule has 2 atom stereocenters. The molecule has 0 radical (unpaired) electrons. The summed E-state index contributed by atoms with van der Waals surface area (Å²) in [6.45, 7) is 9.97. The van der Waals surface area contributed by atoms with Crippen LogP contribution >= 0.6 is 0 Å². The van der Waals surface area contributed by atoms with Gasteiger partial charge in [0, 0.05) is 37.5 Å². The largest absolute Gasteiger partial charge is 0.444 e. The summed E-state index contributed by atoms with van der Waals surface area (Å²) in [4.78, 5) is 32.5. The van der Waals surface area contributed by atoms with Crippen LogP contribution in [0.15, 0.2) is 18.5 Å². The van der Waals surface area contributed by atoms with E-state index in [4.69, 9.17) is 9.47 Å². The van der Waals surface area contributed by atoms with Crippen molar-refractivity contribution in [3.63, 3.8) is 0 Å². The summed E-state index contributed by atoms with van der Waals surface area (Å²) in [6.07, 6.45) is 2.78. The second kappa shape index (κ2) is 10.5. The first-order valence-electron chi connectivity index (χ1n) is 14.2. The lowest BCUT2D eigenvalue weighted by Crippen LogP contribution is -2.55. The van der Waals surface area contributed by atoms with Crippen LogP contribution in [0.5, 0.6) is 0 Å². The Kier molecular flexibility index (Phi) is 7.54.